The van der Waals surface area contributed by atoms with E-state index in [4.69, 9.17) is 10.5 Å². The molecule has 1 aromatic rings. The minimum atomic E-state index is -0.420. The van der Waals surface area contributed by atoms with Gasteiger partial charge in [0.05, 0.1) is 13.2 Å². The molecule has 0 saturated carbocycles. The fourth-order valence-corrected chi connectivity index (χ4v) is 2.12. The Kier molecular flexibility index (Phi) is 5.45. The Labute approximate surface area is 104 Å². The van der Waals surface area contributed by atoms with Crippen LogP contribution in [0.5, 0.6) is 5.75 Å². The molecule has 3 nitrogen and oxygen atoms in total. The zero-order chi connectivity index (χ0) is 12.8. The largest absolute Gasteiger partial charge is 0.496 e. The number of aliphatic hydroxyl groups excluding tert-OH is 1. The predicted molar refractivity (Wildman–Crippen MR) is 70.1 cm³/mol. The summed E-state index contributed by atoms with van der Waals surface area (Å²) in [5.41, 5.74) is 6.74. The van der Waals surface area contributed by atoms with Crippen LogP contribution in [0.2, 0.25) is 0 Å². The molecule has 3 N–H and O–H groups in total. The summed E-state index contributed by atoms with van der Waals surface area (Å²) < 4.78 is 5.28. The second-order valence-corrected chi connectivity index (χ2v) is 4.73. The molecule has 2 atom stereocenters. The van der Waals surface area contributed by atoms with E-state index in [0.717, 1.165) is 11.3 Å². The summed E-state index contributed by atoms with van der Waals surface area (Å²) in [7, 11) is 1.65. The molecule has 0 heterocycles. The highest BCUT2D eigenvalue weighted by Gasteiger charge is 2.22. The van der Waals surface area contributed by atoms with Crippen LogP contribution in [0.15, 0.2) is 24.3 Å². The number of ether oxygens (including phenoxy) is 1. The molecular weight excluding hydrogens is 214 g/mol. The van der Waals surface area contributed by atoms with Gasteiger partial charge in [-0.25, -0.2) is 0 Å². The van der Waals surface area contributed by atoms with Crippen LogP contribution in [0.4, 0.5) is 0 Å². The third-order valence-electron chi connectivity index (χ3n) is 3.24. The third kappa shape index (κ3) is 3.72. The van der Waals surface area contributed by atoms with E-state index < -0.39 is 6.10 Å². The van der Waals surface area contributed by atoms with E-state index in [9.17, 15) is 5.11 Å². The summed E-state index contributed by atoms with van der Waals surface area (Å²) in [5.74, 6) is 1.33. The SMILES string of the molecule is COc1ccccc1CC(O)C(CN)C(C)C. The molecule has 1 aromatic carbocycles. The molecule has 0 radical (unpaired) electrons. The number of hydrogen-bond acceptors (Lipinski definition) is 3. The van der Waals surface area contributed by atoms with Crippen molar-refractivity contribution in [3.63, 3.8) is 0 Å². The summed E-state index contributed by atoms with van der Waals surface area (Å²) in [6.07, 6.45) is 0.167. The summed E-state index contributed by atoms with van der Waals surface area (Å²) >= 11 is 0. The van der Waals surface area contributed by atoms with E-state index in [-0.39, 0.29) is 5.92 Å². The van der Waals surface area contributed by atoms with E-state index in [0.29, 0.717) is 18.9 Å². The fourth-order valence-electron chi connectivity index (χ4n) is 2.12. The standard InChI is InChI=1S/C14H23NO2/c1-10(2)12(9-15)13(16)8-11-6-4-5-7-14(11)17-3/h4-7,10,12-13,16H,8-9,15H2,1-3H3. The van der Waals surface area contributed by atoms with Crippen molar-refractivity contribution in [3.05, 3.63) is 29.8 Å². The lowest BCUT2D eigenvalue weighted by Gasteiger charge is -2.25. The first kappa shape index (κ1) is 14.0. The Morgan fingerprint density at radius 1 is 1.29 bits per heavy atom. The number of methoxy groups -OCH3 is 1. The maximum Gasteiger partial charge on any atom is 0.122 e. The van der Waals surface area contributed by atoms with Crippen LogP contribution in [0.3, 0.4) is 0 Å². The molecule has 96 valence electrons. The molecule has 0 bridgehead atoms. The van der Waals surface area contributed by atoms with Crippen molar-refractivity contribution in [2.45, 2.75) is 26.4 Å². The number of para-hydroxylation sites is 1. The van der Waals surface area contributed by atoms with Gasteiger partial charge in [-0.15, -0.1) is 0 Å². The molecule has 0 amide bonds. The van der Waals surface area contributed by atoms with Gasteiger partial charge in [-0.1, -0.05) is 32.0 Å². The van der Waals surface area contributed by atoms with Crippen LogP contribution in [0.25, 0.3) is 0 Å². The van der Waals surface area contributed by atoms with Crippen LogP contribution in [0.1, 0.15) is 19.4 Å². The van der Waals surface area contributed by atoms with E-state index in [1.165, 1.54) is 0 Å². The summed E-state index contributed by atoms with van der Waals surface area (Å²) in [6, 6.07) is 7.78. The summed E-state index contributed by atoms with van der Waals surface area (Å²) in [4.78, 5) is 0. The van der Waals surface area contributed by atoms with Gasteiger partial charge < -0.3 is 15.6 Å². The molecule has 0 aromatic heterocycles. The van der Waals surface area contributed by atoms with Crippen LogP contribution in [-0.4, -0.2) is 24.9 Å². The molecule has 0 aliphatic heterocycles. The minimum Gasteiger partial charge on any atom is -0.496 e. The van der Waals surface area contributed by atoms with Crippen molar-refractivity contribution in [1.82, 2.24) is 0 Å². The highest BCUT2D eigenvalue weighted by atomic mass is 16.5. The molecule has 0 fully saturated rings. The molecule has 0 aliphatic rings. The summed E-state index contributed by atoms with van der Waals surface area (Å²) in [5, 5.41) is 10.2. The number of benzene rings is 1. The van der Waals surface area contributed by atoms with Gasteiger partial charge in [-0.05, 0) is 30.0 Å². The first-order valence-electron chi connectivity index (χ1n) is 6.10. The van der Waals surface area contributed by atoms with Crippen molar-refractivity contribution in [1.29, 1.82) is 0 Å². The van der Waals surface area contributed by atoms with Crippen LogP contribution in [0, 0.1) is 11.8 Å². The first-order valence-corrected chi connectivity index (χ1v) is 6.10. The molecule has 2 unspecified atom stereocenters. The molecule has 0 spiro atoms. The number of nitrogens with two attached hydrogens (primary N) is 1. The Hall–Kier alpha value is -1.06. The Morgan fingerprint density at radius 3 is 2.47 bits per heavy atom. The van der Waals surface area contributed by atoms with Crippen LogP contribution >= 0.6 is 0 Å². The van der Waals surface area contributed by atoms with Crippen molar-refractivity contribution in [3.8, 4) is 5.75 Å². The summed E-state index contributed by atoms with van der Waals surface area (Å²) in [6.45, 7) is 4.68. The van der Waals surface area contributed by atoms with Gasteiger partial charge in [-0.3, -0.25) is 0 Å². The lowest BCUT2D eigenvalue weighted by Crippen LogP contribution is -2.33. The van der Waals surface area contributed by atoms with Gasteiger partial charge in [0.1, 0.15) is 5.75 Å². The van der Waals surface area contributed by atoms with Gasteiger partial charge >= 0.3 is 0 Å². The van der Waals surface area contributed by atoms with E-state index >= 15 is 0 Å². The van der Waals surface area contributed by atoms with Gasteiger partial charge in [0, 0.05) is 6.42 Å². The molecule has 17 heavy (non-hydrogen) atoms. The maximum absolute atomic E-state index is 10.2. The van der Waals surface area contributed by atoms with Gasteiger partial charge in [0.2, 0.25) is 0 Å². The topological polar surface area (TPSA) is 55.5 Å². The van der Waals surface area contributed by atoms with E-state index in [1.807, 2.05) is 24.3 Å². The zero-order valence-electron chi connectivity index (χ0n) is 10.9. The smallest absolute Gasteiger partial charge is 0.122 e. The van der Waals surface area contributed by atoms with Gasteiger partial charge in [0.25, 0.3) is 0 Å². The fraction of sp³-hybridized carbons (Fsp3) is 0.571. The van der Waals surface area contributed by atoms with E-state index in [1.54, 1.807) is 7.11 Å². The Bertz CT molecular complexity index is 339. The van der Waals surface area contributed by atoms with E-state index in [2.05, 4.69) is 13.8 Å². The second-order valence-electron chi connectivity index (χ2n) is 4.73. The molecule has 1 rings (SSSR count). The lowest BCUT2D eigenvalue weighted by molar-refractivity contribution is 0.0857. The molecule has 0 saturated heterocycles. The normalized spacial score (nSPS) is 14.7. The van der Waals surface area contributed by atoms with Crippen LogP contribution in [-0.2, 0) is 6.42 Å². The Balaban J connectivity index is 2.76. The average molecular weight is 237 g/mol. The number of aliphatic hydroxyl groups is 1. The highest BCUT2D eigenvalue weighted by Crippen LogP contribution is 2.23. The van der Waals surface area contributed by atoms with Crippen molar-refractivity contribution < 1.29 is 9.84 Å². The minimum absolute atomic E-state index is 0.125. The molecule has 3 heteroatoms. The lowest BCUT2D eigenvalue weighted by atomic mass is 9.87. The monoisotopic (exact) mass is 237 g/mol. The first-order chi connectivity index (χ1) is 8.10. The molecule has 0 aliphatic carbocycles. The van der Waals surface area contributed by atoms with Crippen molar-refractivity contribution in [2.24, 2.45) is 17.6 Å². The number of rotatable bonds is 6. The van der Waals surface area contributed by atoms with Gasteiger partial charge in [0.15, 0.2) is 0 Å². The quantitative estimate of drug-likeness (QED) is 0.793. The zero-order valence-corrected chi connectivity index (χ0v) is 10.9. The van der Waals surface area contributed by atoms with Crippen molar-refractivity contribution in [2.75, 3.05) is 13.7 Å². The average Bonchev–Trinajstić information content (AvgIpc) is 2.30. The van der Waals surface area contributed by atoms with Crippen molar-refractivity contribution >= 4 is 0 Å². The Morgan fingerprint density at radius 2 is 1.94 bits per heavy atom. The van der Waals surface area contributed by atoms with Crippen LogP contribution < -0.4 is 10.5 Å². The predicted octanol–water partition coefficient (Wildman–Crippen LogP) is 1.83. The number of hydrogen-bond donors (Lipinski definition) is 2. The second kappa shape index (κ2) is 6.62. The third-order valence-corrected chi connectivity index (χ3v) is 3.24. The molecular formula is C14H23NO2. The highest BCUT2D eigenvalue weighted by molar-refractivity contribution is 5.33. The van der Waals surface area contributed by atoms with Gasteiger partial charge in [-0.2, -0.15) is 0 Å². The maximum atomic E-state index is 10.2.